The van der Waals surface area contributed by atoms with E-state index < -0.39 is 0 Å². The second-order valence-corrected chi connectivity index (χ2v) is 6.43. The van der Waals surface area contributed by atoms with E-state index in [1.54, 1.807) is 28.4 Å². The molecule has 0 aliphatic rings. The third kappa shape index (κ3) is 3.25. The maximum Gasteiger partial charge on any atom is 0.147 e. The van der Waals surface area contributed by atoms with Gasteiger partial charge < -0.3 is 23.4 Å². The first kappa shape index (κ1) is 18.7. The van der Waals surface area contributed by atoms with E-state index in [4.69, 9.17) is 23.4 Å². The molecule has 0 amide bonds. The predicted molar refractivity (Wildman–Crippen MR) is 113 cm³/mol. The summed E-state index contributed by atoms with van der Waals surface area (Å²) in [5, 5.41) is 0.971. The zero-order valence-electron chi connectivity index (χ0n) is 16.8. The van der Waals surface area contributed by atoms with E-state index in [0.29, 0.717) is 17.3 Å². The maximum atomic E-state index is 6.32. The fourth-order valence-corrected chi connectivity index (χ4v) is 3.50. The number of rotatable bonds is 6. The molecular weight excluding hydrogens is 368 g/mol. The molecule has 0 aliphatic heterocycles. The molecule has 0 saturated heterocycles. The molecule has 0 aliphatic carbocycles. The number of ether oxygens (including phenoxy) is 4. The van der Waals surface area contributed by atoms with Crippen LogP contribution in [-0.4, -0.2) is 28.4 Å². The Hall–Kier alpha value is -3.60. The van der Waals surface area contributed by atoms with Gasteiger partial charge in [0.25, 0.3) is 0 Å². The Bertz CT molecular complexity index is 1160. The molecule has 0 saturated carbocycles. The molecule has 29 heavy (non-hydrogen) atoms. The summed E-state index contributed by atoms with van der Waals surface area (Å²) in [5.41, 5.74) is 3.34. The summed E-state index contributed by atoms with van der Waals surface area (Å²) in [6, 6.07) is 19.3. The summed E-state index contributed by atoms with van der Waals surface area (Å²) in [4.78, 5) is 0. The van der Waals surface area contributed by atoms with Gasteiger partial charge >= 0.3 is 0 Å². The van der Waals surface area contributed by atoms with Crippen molar-refractivity contribution in [2.75, 3.05) is 28.4 Å². The van der Waals surface area contributed by atoms with E-state index in [0.717, 1.165) is 39.2 Å². The Labute approximate surface area is 169 Å². The lowest BCUT2D eigenvalue weighted by atomic mass is 9.97. The summed E-state index contributed by atoms with van der Waals surface area (Å²) >= 11 is 0. The van der Waals surface area contributed by atoms with Crippen molar-refractivity contribution in [1.82, 2.24) is 0 Å². The van der Waals surface area contributed by atoms with Gasteiger partial charge in [-0.15, -0.1) is 0 Å². The minimum atomic E-state index is 0.675. The average molecular weight is 390 g/mol. The second kappa shape index (κ2) is 7.80. The lowest BCUT2D eigenvalue weighted by Crippen LogP contribution is -1.93. The summed E-state index contributed by atoms with van der Waals surface area (Å²) in [5.74, 6) is 3.53. The molecule has 4 rings (SSSR count). The maximum absolute atomic E-state index is 6.32. The molecule has 3 aromatic carbocycles. The Kier molecular flexibility index (Phi) is 5.04. The quantitative estimate of drug-likeness (QED) is 0.416. The highest BCUT2D eigenvalue weighted by atomic mass is 16.5. The minimum Gasteiger partial charge on any atom is -0.497 e. The SMILES string of the molecule is COc1ccc(OC)c(-c2oc3ccccc3c2-c2cc(OC)ccc2OC)c1. The van der Waals surface area contributed by atoms with E-state index in [1.165, 1.54) is 0 Å². The average Bonchev–Trinajstić information content (AvgIpc) is 3.17. The monoisotopic (exact) mass is 390 g/mol. The van der Waals surface area contributed by atoms with E-state index in [1.807, 2.05) is 60.7 Å². The zero-order valence-corrected chi connectivity index (χ0v) is 16.8. The normalized spacial score (nSPS) is 10.8. The van der Waals surface area contributed by atoms with Crippen LogP contribution in [0.15, 0.2) is 65.1 Å². The Morgan fingerprint density at radius 3 is 1.83 bits per heavy atom. The van der Waals surface area contributed by atoms with Crippen molar-refractivity contribution in [2.45, 2.75) is 0 Å². The van der Waals surface area contributed by atoms with Crippen molar-refractivity contribution < 1.29 is 23.4 Å². The number of furan rings is 1. The highest BCUT2D eigenvalue weighted by Gasteiger charge is 2.23. The summed E-state index contributed by atoms with van der Waals surface area (Å²) in [6.07, 6.45) is 0. The molecule has 0 bridgehead atoms. The third-order valence-corrected chi connectivity index (χ3v) is 4.92. The van der Waals surface area contributed by atoms with E-state index in [9.17, 15) is 0 Å². The van der Waals surface area contributed by atoms with Gasteiger partial charge in [-0.2, -0.15) is 0 Å². The van der Waals surface area contributed by atoms with Crippen LogP contribution in [0.25, 0.3) is 33.4 Å². The molecule has 0 unspecified atom stereocenters. The van der Waals surface area contributed by atoms with Gasteiger partial charge in [0, 0.05) is 16.5 Å². The van der Waals surface area contributed by atoms with Crippen molar-refractivity contribution in [3.8, 4) is 45.4 Å². The van der Waals surface area contributed by atoms with Crippen LogP contribution in [0.1, 0.15) is 0 Å². The van der Waals surface area contributed by atoms with Crippen molar-refractivity contribution in [3.05, 3.63) is 60.7 Å². The van der Waals surface area contributed by atoms with Crippen molar-refractivity contribution >= 4 is 11.0 Å². The molecule has 4 aromatic rings. The van der Waals surface area contributed by atoms with Gasteiger partial charge in [-0.3, -0.25) is 0 Å². The highest BCUT2D eigenvalue weighted by Crippen LogP contribution is 2.47. The standard InChI is InChI=1S/C24H22O5/c1-25-15-9-11-20(27-3)18(13-15)23-17-7-5-6-8-22(17)29-24(23)19-14-16(26-2)10-12-21(19)28-4/h5-14H,1-4H3. The largest absolute Gasteiger partial charge is 0.497 e. The molecule has 1 heterocycles. The number of para-hydroxylation sites is 1. The Balaban J connectivity index is 2.09. The number of hydrogen-bond donors (Lipinski definition) is 0. The number of hydrogen-bond acceptors (Lipinski definition) is 5. The van der Waals surface area contributed by atoms with Crippen LogP contribution in [0.5, 0.6) is 23.0 Å². The third-order valence-electron chi connectivity index (χ3n) is 4.92. The van der Waals surface area contributed by atoms with Gasteiger partial charge in [-0.25, -0.2) is 0 Å². The van der Waals surface area contributed by atoms with Crippen molar-refractivity contribution in [2.24, 2.45) is 0 Å². The zero-order chi connectivity index (χ0) is 20.4. The first-order valence-corrected chi connectivity index (χ1v) is 9.16. The number of benzene rings is 3. The van der Waals surface area contributed by atoms with Gasteiger partial charge in [-0.1, -0.05) is 18.2 Å². The molecule has 0 N–H and O–H groups in total. The topological polar surface area (TPSA) is 50.1 Å². The molecular formula is C24H22O5. The number of fused-ring (bicyclic) bond motifs is 1. The highest BCUT2D eigenvalue weighted by molar-refractivity contribution is 6.04. The van der Waals surface area contributed by atoms with E-state index >= 15 is 0 Å². The Morgan fingerprint density at radius 1 is 0.621 bits per heavy atom. The molecule has 5 heteroatoms. The summed E-state index contributed by atoms with van der Waals surface area (Å²) < 4.78 is 28.5. The van der Waals surface area contributed by atoms with E-state index in [2.05, 4.69) is 0 Å². The fraction of sp³-hybridized carbons (Fsp3) is 0.167. The summed E-state index contributed by atoms with van der Waals surface area (Å²) in [7, 11) is 6.57. The molecule has 148 valence electrons. The van der Waals surface area contributed by atoms with Gasteiger partial charge in [-0.05, 0) is 42.5 Å². The predicted octanol–water partition coefficient (Wildman–Crippen LogP) is 5.80. The van der Waals surface area contributed by atoms with Gasteiger partial charge in [0.15, 0.2) is 0 Å². The molecule has 0 spiro atoms. The van der Waals surface area contributed by atoms with Gasteiger partial charge in [0.05, 0.1) is 34.0 Å². The second-order valence-electron chi connectivity index (χ2n) is 6.43. The van der Waals surface area contributed by atoms with Crippen molar-refractivity contribution in [3.63, 3.8) is 0 Å². The number of methoxy groups -OCH3 is 4. The van der Waals surface area contributed by atoms with Gasteiger partial charge in [0.1, 0.15) is 34.3 Å². The van der Waals surface area contributed by atoms with Gasteiger partial charge in [0.2, 0.25) is 0 Å². The van der Waals surface area contributed by atoms with Crippen molar-refractivity contribution in [1.29, 1.82) is 0 Å². The lowest BCUT2D eigenvalue weighted by molar-refractivity contribution is 0.403. The molecule has 0 atom stereocenters. The van der Waals surface area contributed by atoms with Crippen LogP contribution in [0, 0.1) is 0 Å². The first-order chi connectivity index (χ1) is 14.2. The summed E-state index contributed by atoms with van der Waals surface area (Å²) in [6.45, 7) is 0. The molecule has 5 nitrogen and oxygen atoms in total. The smallest absolute Gasteiger partial charge is 0.147 e. The van der Waals surface area contributed by atoms with Crippen LogP contribution < -0.4 is 18.9 Å². The van der Waals surface area contributed by atoms with Crippen LogP contribution in [0.4, 0.5) is 0 Å². The van der Waals surface area contributed by atoms with Crippen LogP contribution in [-0.2, 0) is 0 Å². The first-order valence-electron chi connectivity index (χ1n) is 9.16. The molecule has 0 radical (unpaired) electrons. The minimum absolute atomic E-state index is 0.675. The van der Waals surface area contributed by atoms with Crippen LogP contribution in [0.2, 0.25) is 0 Å². The Morgan fingerprint density at radius 2 is 1.21 bits per heavy atom. The molecule has 1 aromatic heterocycles. The molecule has 0 fully saturated rings. The van der Waals surface area contributed by atoms with E-state index in [-0.39, 0.29) is 0 Å². The van der Waals surface area contributed by atoms with Crippen LogP contribution in [0.3, 0.4) is 0 Å². The van der Waals surface area contributed by atoms with Crippen LogP contribution >= 0.6 is 0 Å². The lowest BCUT2D eigenvalue weighted by Gasteiger charge is -2.13. The fourth-order valence-electron chi connectivity index (χ4n) is 3.50.